The van der Waals surface area contributed by atoms with E-state index in [-0.39, 0.29) is 18.6 Å². The van der Waals surface area contributed by atoms with Gasteiger partial charge in [0.05, 0.1) is 6.10 Å². The zero-order valence-corrected chi connectivity index (χ0v) is 15.4. The first-order chi connectivity index (χ1) is 11.6. The highest BCUT2D eigenvalue weighted by atomic mass is 32.1. The number of carbonyl (C=O) groups excluding carboxylic acids is 1. The van der Waals surface area contributed by atoms with Crippen molar-refractivity contribution in [2.24, 2.45) is 4.99 Å². The lowest BCUT2D eigenvalue weighted by Crippen LogP contribution is -2.43. The molecule has 1 saturated heterocycles. The van der Waals surface area contributed by atoms with Crippen molar-refractivity contribution in [1.29, 1.82) is 0 Å². The van der Waals surface area contributed by atoms with Crippen molar-refractivity contribution in [3.63, 3.8) is 0 Å². The van der Waals surface area contributed by atoms with Gasteiger partial charge in [0.1, 0.15) is 6.54 Å². The van der Waals surface area contributed by atoms with Crippen LogP contribution in [0.3, 0.4) is 0 Å². The van der Waals surface area contributed by atoms with Crippen LogP contribution in [0.4, 0.5) is 0 Å². The molecule has 0 spiro atoms. The van der Waals surface area contributed by atoms with E-state index in [2.05, 4.69) is 33.1 Å². The number of nitrogens with one attached hydrogen (secondary N) is 2. The van der Waals surface area contributed by atoms with E-state index in [0.717, 1.165) is 39.0 Å². The highest BCUT2D eigenvalue weighted by Crippen LogP contribution is 2.11. The molecule has 1 aromatic heterocycles. The Bertz CT molecular complexity index is 511. The van der Waals surface area contributed by atoms with Crippen molar-refractivity contribution in [1.82, 2.24) is 15.5 Å². The summed E-state index contributed by atoms with van der Waals surface area (Å²) >= 11 is 1.75. The summed E-state index contributed by atoms with van der Waals surface area (Å²) in [6.45, 7) is 2.49. The molecule has 134 valence electrons. The molecule has 24 heavy (non-hydrogen) atoms. The molecular formula is C17H28N4O2S. The van der Waals surface area contributed by atoms with Crippen LogP contribution < -0.4 is 10.6 Å². The molecule has 0 saturated carbocycles. The molecule has 0 radical (unpaired) electrons. The second kappa shape index (κ2) is 10.3. The van der Waals surface area contributed by atoms with Crippen LogP contribution in [-0.4, -0.2) is 63.2 Å². The Morgan fingerprint density at radius 1 is 1.42 bits per heavy atom. The van der Waals surface area contributed by atoms with Gasteiger partial charge in [-0.3, -0.25) is 4.79 Å². The van der Waals surface area contributed by atoms with Gasteiger partial charge in [0.2, 0.25) is 5.91 Å². The zero-order chi connectivity index (χ0) is 17.2. The van der Waals surface area contributed by atoms with E-state index in [0.29, 0.717) is 5.96 Å². The van der Waals surface area contributed by atoms with Crippen molar-refractivity contribution < 1.29 is 9.53 Å². The molecule has 1 aliphatic rings. The number of rotatable bonds is 7. The molecule has 2 rings (SSSR count). The van der Waals surface area contributed by atoms with Crippen LogP contribution in [0.2, 0.25) is 0 Å². The minimum Gasteiger partial charge on any atom is -0.376 e. The van der Waals surface area contributed by atoms with Crippen molar-refractivity contribution in [2.75, 3.05) is 40.3 Å². The Hall–Kier alpha value is -1.60. The molecule has 6 nitrogen and oxygen atoms in total. The van der Waals surface area contributed by atoms with E-state index in [9.17, 15) is 4.79 Å². The van der Waals surface area contributed by atoms with Crippen molar-refractivity contribution >= 4 is 23.2 Å². The summed E-state index contributed by atoms with van der Waals surface area (Å²) in [5.41, 5.74) is 0. The van der Waals surface area contributed by atoms with Gasteiger partial charge < -0.3 is 20.3 Å². The number of carbonyl (C=O) groups is 1. The Kier molecular flexibility index (Phi) is 8.04. The van der Waals surface area contributed by atoms with Crippen molar-refractivity contribution in [3.8, 4) is 0 Å². The van der Waals surface area contributed by atoms with Crippen LogP contribution in [0, 0.1) is 0 Å². The van der Waals surface area contributed by atoms with Crippen LogP contribution in [0.15, 0.2) is 22.5 Å². The average molecular weight is 353 g/mol. The first kappa shape index (κ1) is 18.7. The summed E-state index contributed by atoms with van der Waals surface area (Å²) in [7, 11) is 3.48. The van der Waals surface area contributed by atoms with Gasteiger partial charge in [-0.25, -0.2) is 4.99 Å². The van der Waals surface area contributed by atoms with E-state index in [1.807, 2.05) is 0 Å². The minimum absolute atomic E-state index is 0.0109. The predicted molar refractivity (Wildman–Crippen MR) is 98.6 cm³/mol. The van der Waals surface area contributed by atoms with E-state index >= 15 is 0 Å². The van der Waals surface area contributed by atoms with Crippen LogP contribution in [0.5, 0.6) is 0 Å². The summed E-state index contributed by atoms with van der Waals surface area (Å²) in [6, 6.07) is 4.19. The molecule has 1 unspecified atom stereocenters. The molecule has 0 aliphatic carbocycles. The van der Waals surface area contributed by atoms with Crippen LogP contribution in [0.1, 0.15) is 24.1 Å². The maximum Gasteiger partial charge on any atom is 0.243 e. The van der Waals surface area contributed by atoms with E-state index < -0.39 is 0 Å². The molecule has 1 aliphatic heterocycles. The van der Waals surface area contributed by atoms with Crippen LogP contribution >= 0.6 is 11.3 Å². The van der Waals surface area contributed by atoms with E-state index in [4.69, 9.17) is 4.74 Å². The molecule has 1 amide bonds. The topological polar surface area (TPSA) is 66.0 Å². The number of thiophene rings is 1. The minimum atomic E-state index is -0.0109. The van der Waals surface area contributed by atoms with E-state index in [1.165, 1.54) is 11.3 Å². The standard InChI is InChI=1S/C17H28N4O2S/c1-21(2)16(22)13-20-17(18-9-8-15-7-5-11-24-15)19-12-14-6-3-4-10-23-14/h5,7,11,14H,3-4,6,8-10,12-13H2,1-2H3,(H2,18,19,20). The predicted octanol–water partition coefficient (Wildman–Crippen LogP) is 1.48. The fourth-order valence-corrected chi connectivity index (χ4v) is 3.11. The lowest BCUT2D eigenvalue weighted by Gasteiger charge is -2.24. The number of hydrogen-bond donors (Lipinski definition) is 2. The summed E-state index contributed by atoms with van der Waals surface area (Å²) in [5, 5.41) is 8.70. The van der Waals surface area contributed by atoms with Gasteiger partial charge in [0.25, 0.3) is 0 Å². The first-order valence-electron chi connectivity index (χ1n) is 8.51. The molecular weight excluding hydrogens is 324 g/mol. The van der Waals surface area contributed by atoms with Gasteiger partial charge in [0.15, 0.2) is 5.96 Å². The highest BCUT2D eigenvalue weighted by Gasteiger charge is 2.14. The maximum absolute atomic E-state index is 11.8. The molecule has 0 aromatic carbocycles. The highest BCUT2D eigenvalue weighted by molar-refractivity contribution is 7.09. The molecule has 2 heterocycles. The third-order valence-corrected chi connectivity index (χ3v) is 4.82. The SMILES string of the molecule is CN(C)C(=O)CN=C(NCCc1cccs1)NCC1CCCCO1. The number of aliphatic imine (C=N–C) groups is 1. The van der Waals surface area contributed by atoms with Crippen LogP contribution in [-0.2, 0) is 16.0 Å². The molecule has 2 N–H and O–H groups in total. The lowest BCUT2D eigenvalue weighted by molar-refractivity contribution is -0.127. The maximum atomic E-state index is 11.8. The zero-order valence-electron chi connectivity index (χ0n) is 14.6. The Labute approximate surface area is 148 Å². The van der Waals surface area contributed by atoms with Crippen molar-refractivity contribution in [2.45, 2.75) is 31.8 Å². The lowest BCUT2D eigenvalue weighted by atomic mass is 10.1. The fourth-order valence-electron chi connectivity index (χ4n) is 2.40. The summed E-state index contributed by atoms with van der Waals surface area (Å²) in [5.74, 6) is 0.666. The quantitative estimate of drug-likeness (QED) is 0.576. The van der Waals surface area contributed by atoms with Crippen molar-refractivity contribution in [3.05, 3.63) is 22.4 Å². The third-order valence-electron chi connectivity index (χ3n) is 3.89. The Balaban J connectivity index is 1.81. The van der Waals surface area contributed by atoms with Gasteiger partial charge in [-0.1, -0.05) is 6.07 Å². The smallest absolute Gasteiger partial charge is 0.243 e. The first-order valence-corrected chi connectivity index (χ1v) is 9.39. The number of ether oxygens (including phenoxy) is 1. The summed E-state index contributed by atoms with van der Waals surface area (Å²) in [4.78, 5) is 19.0. The third kappa shape index (κ3) is 6.88. The fraction of sp³-hybridized carbons (Fsp3) is 0.647. The molecule has 7 heteroatoms. The van der Waals surface area contributed by atoms with Gasteiger partial charge in [-0.15, -0.1) is 11.3 Å². The molecule has 1 fully saturated rings. The van der Waals surface area contributed by atoms with Gasteiger partial charge in [-0.2, -0.15) is 0 Å². The van der Waals surface area contributed by atoms with Gasteiger partial charge in [0, 0.05) is 38.7 Å². The molecule has 0 bridgehead atoms. The second-order valence-corrected chi connectivity index (χ2v) is 7.11. The monoisotopic (exact) mass is 352 g/mol. The number of guanidine groups is 1. The normalized spacial score (nSPS) is 18.2. The Morgan fingerprint density at radius 2 is 2.29 bits per heavy atom. The second-order valence-electron chi connectivity index (χ2n) is 6.08. The average Bonchev–Trinajstić information content (AvgIpc) is 3.10. The molecule has 1 aromatic rings. The number of amides is 1. The van der Waals surface area contributed by atoms with Gasteiger partial charge >= 0.3 is 0 Å². The van der Waals surface area contributed by atoms with Gasteiger partial charge in [-0.05, 0) is 37.1 Å². The van der Waals surface area contributed by atoms with E-state index in [1.54, 1.807) is 30.3 Å². The largest absolute Gasteiger partial charge is 0.376 e. The van der Waals surface area contributed by atoms with Crippen LogP contribution in [0.25, 0.3) is 0 Å². The number of hydrogen-bond acceptors (Lipinski definition) is 4. The summed E-state index contributed by atoms with van der Waals surface area (Å²) < 4.78 is 5.74. The molecule has 1 atom stereocenters. The number of likely N-dealkylation sites (N-methyl/N-ethyl adjacent to an activating group) is 1. The number of nitrogens with zero attached hydrogens (tertiary/aromatic N) is 2. The Morgan fingerprint density at radius 3 is 2.96 bits per heavy atom. The summed E-state index contributed by atoms with van der Waals surface area (Å²) in [6.07, 6.45) is 4.61.